The molecule has 0 aromatic heterocycles. The summed E-state index contributed by atoms with van der Waals surface area (Å²) in [5, 5.41) is 0. The number of rotatable bonds is 62. The van der Waals surface area contributed by atoms with Crippen molar-refractivity contribution in [2.45, 2.75) is 329 Å². The summed E-state index contributed by atoms with van der Waals surface area (Å²) >= 11 is 0. The molecule has 0 aromatic carbocycles. The van der Waals surface area contributed by atoms with E-state index in [1.54, 1.807) is 6.08 Å². The molecular weight excluding hydrogens is 1010 g/mol. The first-order chi connectivity index (χ1) is 40.5. The predicted octanol–water partition coefficient (Wildman–Crippen LogP) is 23.9. The minimum atomic E-state index is -0.828. The van der Waals surface area contributed by atoms with Crippen LogP contribution < -0.4 is 0 Å². The molecule has 0 aliphatic heterocycles. The first kappa shape index (κ1) is 77.8. The number of hydrogen-bond donors (Lipinski definition) is 0. The Morgan fingerprint density at radius 3 is 0.854 bits per heavy atom. The SMILES string of the molecule is CC/C=C\C/C=C\C/C=C\C/C=C\C/C=C\CCCCCCCCCC(=O)OC(COC(=O)C/C=C\C/C=C\C/C=C\C/C=C\C/C=C\CC)COC(=O)CCCCCCCCCCCCCCCCCCCCCCCCCCCC. The molecular formula is C76H128O6. The zero-order valence-electron chi connectivity index (χ0n) is 53.7. The third kappa shape index (κ3) is 66.6. The van der Waals surface area contributed by atoms with Crippen LogP contribution in [0.2, 0.25) is 0 Å². The minimum absolute atomic E-state index is 0.112. The second-order valence-corrected chi connectivity index (χ2v) is 22.7. The van der Waals surface area contributed by atoms with Crippen LogP contribution in [-0.2, 0) is 28.6 Å². The molecule has 0 amide bonds. The van der Waals surface area contributed by atoms with E-state index < -0.39 is 12.1 Å². The Morgan fingerprint density at radius 2 is 0.524 bits per heavy atom. The van der Waals surface area contributed by atoms with E-state index in [9.17, 15) is 14.4 Å². The second kappa shape index (κ2) is 69.3. The largest absolute Gasteiger partial charge is 0.462 e. The molecule has 6 heteroatoms. The molecule has 0 aliphatic rings. The van der Waals surface area contributed by atoms with Gasteiger partial charge in [-0.05, 0) is 89.9 Å². The fourth-order valence-corrected chi connectivity index (χ4v) is 9.66. The van der Waals surface area contributed by atoms with Gasteiger partial charge in [0, 0.05) is 12.8 Å². The lowest BCUT2D eigenvalue weighted by atomic mass is 10.0. The summed E-state index contributed by atoms with van der Waals surface area (Å²) in [6.45, 7) is 6.35. The van der Waals surface area contributed by atoms with Crippen LogP contribution in [0.3, 0.4) is 0 Å². The average Bonchev–Trinajstić information content (AvgIpc) is 3.47. The van der Waals surface area contributed by atoms with Gasteiger partial charge in [-0.1, -0.05) is 335 Å². The van der Waals surface area contributed by atoms with Gasteiger partial charge in [0.05, 0.1) is 6.42 Å². The van der Waals surface area contributed by atoms with Gasteiger partial charge in [-0.15, -0.1) is 0 Å². The maximum atomic E-state index is 12.9. The highest BCUT2D eigenvalue weighted by atomic mass is 16.6. The van der Waals surface area contributed by atoms with Crippen LogP contribution in [0.15, 0.2) is 122 Å². The van der Waals surface area contributed by atoms with Crippen LogP contribution >= 0.6 is 0 Å². The number of carbonyl (C=O) groups excluding carboxylic acids is 3. The van der Waals surface area contributed by atoms with E-state index in [0.717, 1.165) is 116 Å². The third-order valence-electron chi connectivity index (χ3n) is 14.7. The fourth-order valence-electron chi connectivity index (χ4n) is 9.66. The molecule has 0 spiro atoms. The highest BCUT2D eigenvalue weighted by Crippen LogP contribution is 2.17. The van der Waals surface area contributed by atoms with Gasteiger partial charge in [0.2, 0.25) is 0 Å². The van der Waals surface area contributed by atoms with E-state index in [2.05, 4.69) is 130 Å². The molecule has 0 aromatic rings. The molecule has 0 rings (SSSR count). The maximum Gasteiger partial charge on any atom is 0.309 e. The van der Waals surface area contributed by atoms with Crippen LogP contribution in [0.1, 0.15) is 323 Å². The molecule has 82 heavy (non-hydrogen) atoms. The van der Waals surface area contributed by atoms with Crippen molar-refractivity contribution in [3.8, 4) is 0 Å². The van der Waals surface area contributed by atoms with Crippen molar-refractivity contribution in [2.75, 3.05) is 13.2 Å². The van der Waals surface area contributed by atoms with Gasteiger partial charge in [0.15, 0.2) is 6.10 Å². The Kier molecular flexibility index (Phi) is 65.8. The number of unbranched alkanes of at least 4 members (excludes halogenated alkanes) is 32. The van der Waals surface area contributed by atoms with Gasteiger partial charge in [0.1, 0.15) is 13.2 Å². The van der Waals surface area contributed by atoms with E-state index >= 15 is 0 Å². The van der Waals surface area contributed by atoms with Crippen LogP contribution in [0.5, 0.6) is 0 Å². The number of hydrogen-bond acceptors (Lipinski definition) is 6. The standard InChI is InChI=1S/C76H128O6/c1-4-7-10-13-16-19-22-25-28-30-32-34-36-37-38-40-41-43-45-48-51-54-57-60-63-66-69-75(78)81-72-73(71-80-74(77)68-65-62-59-56-53-50-47-27-24-21-18-15-12-9-6-3)82-76(79)70-67-64-61-58-55-52-49-46-44-42-39-35-33-31-29-26-23-20-17-14-11-8-5-2/h8-9,11-12,17-18,20-21,26-27,29,33,35,42,44,47,53,56,62,65,73H,4-7,10,13-16,19,22-25,28,30-32,34,36-41,43,45-46,48-52,54-55,57-61,63-64,66-72H2,1-3H3/b11-8-,12-9-,20-17-,21-18-,29-26-,35-33-,44-42-,47-27-,56-53-,65-62-. The fraction of sp³-hybridized carbons (Fsp3) is 0.697. The molecule has 0 heterocycles. The number of esters is 3. The van der Waals surface area contributed by atoms with Gasteiger partial charge in [0.25, 0.3) is 0 Å². The van der Waals surface area contributed by atoms with Crippen LogP contribution in [-0.4, -0.2) is 37.2 Å². The lowest BCUT2D eigenvalue weighted by Gasteiger charge is -2.18. The van der Waals surface area contributed by atoms with E-state index in [-0.39, 0.29) is 31.6 Å². The minimum Gasteiger partial charge on any atom is -0.462 e. The Bertz CT molecular complexity index is 1690. The Balaban J connectivity index is 4.39. The Morgan fingerprint density at radius 1 is 0.268 bits per heavy atom. The summed E-state index contributed by atoms with van der Waals surface area (Å²) < 4.78 is 16.9. The summed E-state index contributed by atoms with van der Waals surface area (Å²) in [5.41, 5.74) is 0. The Hall–Kier alpha value is -4.19. The summed E-state index contributed by atoms with van der Waals surface area (Å²) in [6.07, 6.45) is 96.8. The first-order valence-corrected chi connectivity index (χ1v) is 34.5. The van der Waals surface area contributed by atoms with E-state index in [4.69, 9.17) is 14.2 Å². The van der Waals surface area contributed by atoms with Crippen molar-refractivity contribution in [2.24, 2.45) is 0 Å². The molecule has 0 fully saturated rings. The third-order valence-corrected chi connectivity index (χ3v) is 14.7. The molecule has 1 atom stereocenters. The summed E-state index contributed by atoms with van der Waals surface area (Å²) in [4.78, 5) is 38.4. The van der Waals surface area contributed by atoms with Crippen molar-refractivity contribution < 1.29 is 28.6 Å². The first-order valence-electron chi connectivity index (χ1n) is 34.5. The lowest BCUT2D eigenvalue weighted by Crippen LogP contribution is -2.30. The summed E-state index contributed by atoms with van der Waals surface area (Å²) in [7, 11) is 0. The normalized spacial score (nSPS) is 12.9. The van der Waals surface area contributed by atoms with E-state index in [1.165, 1.54) is 167 Å². The van der Waals surface area contributed by atoms with Gasteiger partial charge in [-0.2, -0.15) is 0 Å². The number of allylic oxidation sites excluding steroid dienone is 19. The van der Waals surface area contributed by atoms with Gasteiger partial charge in [-0.3, -0.25) is 14.4 Å². The molecule has 468 valence electrons. The van der Waals surface area contributed by atoms with Crippen molar-refractivity contribution in [3.63, 3.8) is 0 Å². The molecule has 1 unspecified atom stereocenters. The molecule has 0 saturated carbocycles. The zero-order chi connectivity index (χ0) is 59.2. The van der Waals surface area contributed by atoms with Gasteiger partial charge in [-0.25, -0.2) is 0 Å². The van der Waals surface area contributed by atoms with Crippen LogP contribution in [0.25, 0.3) is 0 Å². The average molecular weight is 1140 g/mol. The smallest absolute Gasteiger partial charge is 0.309 e. The highest BCUT2D eigenvalue weighted by molar-refractivity contribution is 5.72. The van der Waals surface area contributed by atoms with Crippen molar-refractivity contribution in [1.29, 1.82) is 0 Å². The van der Waals surface area contributed by atoms with E-state index in [1.807, 2.05) is 6.08 Å². The molecule has 0 bridgehead atoms. The quantitative estimate of drug-likeness (QED) is 0.0261. The van der Waals surface area contributed by atoms with Crippen molar-refractivity contribution >= 4 is 17.9 Å². The zero-order valence-corrected chi connectivity index (χ0v) is 53.7. The van der Waals surface area contributed by atoms with Crippen LogP contribution in [0, 0.1) is 0 Å². The number of carbonyl (C=O) groups is 3. The highest BCUT2D eigenvalue weighted by Gasteiger charge is 2.19. The summed E-state index contributed by atoms with van der Waals surface area (Å²) in [5.74, 6) is -1.05. The molecule has 0 N–H and O–H groups in total. The predicted molar refractivity (Wildman–Crippen MR) is 357 cm³/mol. The molecule has 0 radical (unpaired) electrons. The van der Waals surface area contributed by atoms with Gasteiger partial charge >= 0.3 is 17.9 Å². The summed E-state index contributed by atoms with van der Waals surface area (Å²) in [6, 6.07) is 0. The molecule has 0 saturated heterocycles. The van der Waals surface area contributed by atoms with Crippen molar-refractivity contribution in [1.82, 2.24) is 0 Å². The van der Waals surface area contributed by atoms with Crippen LogP contribution in [0.4, 0.5) is 0 Å². The second-order valence-electron chi connectivity index (χ2n) is 22.7. The molecule has 0 aliphatic carbocycles. The maximum absolute atomic E-state index is 12.9. The van der Waals surface area contributed by atoms with Crippen molar-refractivity contribution in [3.05, 3.63) is 122 Å². The van der Waals surface area contributed by atoms with Gasteiger partial charge < -0.3 is 14.2 Å². The molecule has 6 nitrogen and oxygen atoms in total. The Labute approximate surface area is 507 Å². The lowest BCUT2D eigenvalue weighted by molar-refractivity contribution is -0.166. The monoisotopic (exact) mass is 1140 g/mol. The van der Waals surface area contributed by atoms with E-state index in [0.29, 0.717) is 12.8 Å². The number of ether oxygens (including phenoxy) is 3. The topological polar surface area (TPSA) is 78.9 Å².